The summed E-state index contributed by atoms with van der Waals surface area (Å²) < 4.78 is 0. The maximum absolute atomic E-state index is 4.39. The van der Waals surface area contributed by atoms with Gasteiger partial charge in [0, 0.05) is 12.1 Å². The van der Waals surface area contributed by atoms with Crippen molar-refractivity contribution in [1.29, 1.82) is 0 Å². The van der Waals surface area contributed by atoms with Crippen molar-refractivity contribution in [2.24, 2.45) is 23.7 Å². The molecule has 6 unspecified atom stereocenters. The lowest BCUT2D eigenvalue weighted by Gasteiger charge is -2.39. The van der Waals surface area contributed by atoms with Gasteiger partial charge < -0.3 is 5.32 Å². The summed E-state index contributed by atoms with van der Waals surface area (Å²) in [5.41, 5.74) is 0. The monoisotopic (exact) mass is 445 g/mol. The molecule has 3 rings (SSSR count). The van der Waals surface area contributed by atoms with E-state index in [4.69, 9.17) is 0 Å². The Morgan fingerprint density at radius 3 is 1.62 bits per heavy atom. The van der Waals surface area contributed by atoms with Crippen LogP contribution in [-0.2, 0) is 0 Å². The molecule has 6 atom stereocenters. The van der Waals surface area contributed by atoms with Gasteiger partial charge in [0.25, 0.3) is 0 Å². The van der Waals surface area contributed by atoms with Crippen LogP contribution in [0.4, 0.5) is 0 Å². The van der Waals surface area contributed by atoms with Crippen LogP contribution in [0.25, 0.3) is 0 Å². The molecule has 0 amide bonds. The third-order valence-corrected chi connectivity index (χ3v) is 9.75. The normalized spacial score (nSPS) is 38.1. The first-order valence-corrected chi connectivity index (χ1v) is 15.5. The van der Waals surface area contributed by atoms with Crippen molar-refractivity contribution in [2.75, 3.05) is 0 Å². The Hall–Kier alpha value is -0.0400. The van der Waals surface area contributed by atoms with Gasteiger partial charge in [-0.25, -0.2) is 0 Å². The summed E-state index contributed by atoms with van der Waals surface area (Å²) in [4.78, 5) is 0. The van der Waals surface area contributed by atoms with E-state index in [9.17, 15) is 0 Å². The molecule has 0 spiro atoms. The van der Waals surface area contributed by atoms with Gasteiger partial charge in [0.1, 0.15) is 0 Å². The molecule has 0 aromatic heterocycles. The van der Waals surface area contributed by atoms with E-state index in [1.807, 2.05) is 0 Å². The van der Waals surface area contributed by atoms with Crippen LogP contribution in [0, 0.1) is 23.7 Å². The molecular formula is C31H59N. The van der Waals surface area contributed by atoms with Crippen LogP contribution >= 0.6 is 0 Å². The average molecular weight is 446 g/mol. The highest BCUT2D eigenvalue weighted by Gasteiger charge is 2.34. The summed E-state index contributed by atoms with van der Waals surface area (Å²) in [6, 6.07) is 1.60. The van der Waals surface area contributed by atoms with E-state index in [0.29, 0.717) is 0 Å². The predicted octanol–water partition coefficient (Wildman–Crippen LogP) is 9.83. The summed E-state index contributed by atoms with van der Waals surface area (Å²) in [6.45, 7) is 5.14. The summed E-state index contributed by atoms with van der Waals surface area (Å²) in [7, 11) is 0. The molecule has 3 saturated carbocycles. The van der Waals surface area contributed by atoms with Crippen LogP contribution in [0.3, 0.4) is 0 Å². The van der Waals surface area contributed by atoms with Gasteiger partial charge in [0.05, 0.1) is 0 Å². The lowest BCUT2D eigenvalue weighted by molar-refractivity contribution is 0.144. The summed E-state index contributed by atoms with van der Waals surface area (Å²) in [5, 5.41) is 4.39. The number of nitrogens with one attached hydrogen (secondary N) is 1. The zero-order chi connectivity index (χ0) is 22.4. The van der Waals surface area contributed by atoms with E-state index in [0.717, 1.165) is 35.8 Å². The van der Waals surface area contributed by atoms with Crippen LogP contribution in [0.15, 0.2) is 0 Å². The standard InChI is InChI=1S/C31H59N/c1-26-18-11-8-9-13-21-28(22-17-19-26)32-31-25-16-10-15-24-30(31)29-23-14-7-5-3-4-6-12-20-27(29)2/h26-32H,3-25H2,1-2H3. The minimum atomic E-state index is 0.795. The second kappa shape index (κ2) is 15.8. The smallest absolute Gasteiger partial charge is 0.0101 e. The average Bonchev–Trinajstić information content (AvgIpc) is 3.05. The summed E-state index contributed by atoms with van der Waals surface area (Å²) in [5.74, 6) is 3.82. The van der Waals surface area contributed by atoms with Crippen molar-refractivity contribution in [3.63, 3.8) is 0 Å². The fourth-order valence-corrected chi connectivity index (χ4v) is 7.63. The van der Waals surface area contributed by atoms with Crippen LogP contribution < -0.4 is 5.32 Å². The van der Waals surface area contributed by atoms with Gasteiger partial charge in [-0.05, 0) is 55.8 Å². The Morgan fingerprint density at radius 1 is 0.406 bits per heavy atom. The molecule has 3 aliphatic carbocycles. The van der Waals surface area contributed by atoms with Gasteiger partial charge in [-0.3, -0.25) is 0 Å². The quantitative estimate of drug-likeness (QED) is 0.426. The molecule has 0 heterocycles. The molecule has 0 aliphatic heterocycles. The molecule has 0 bridgehead atoms. The first kappa shape index (κ1) is 26.6. The zero-order valence-corrected chi connectivity index (χ0v) is 22.2. The second-order valence-corrected chi connectivity index (χ2v) is 12.5. The molecule has 0 aromatic carbocycles. The van der Waals surface area contributed by atoms with Gasteiger partial charge in [0.2, 0.25) is 0 Å². The minimum Gasteiger partial charge on any atom is -0.311 e. The maximum atomic E-state index is 4.39. The first-order chi connectivity index (χ1) is 15.7. The molecule has 32 heavy (non-hydrogen) atoms. The van der Waals surface area contributed by atoms with Crippen molar-refractivity contribution in [1.82, 2.24) is 5.32 Å². The zero-order valence-electron chi connectivity index (χ0n) is 22.2. The molecule has 188 valence electrons. The third kappa shape index (κ3) is 9.68. The topological polar surface area (TPSA) is 12.0 Å². The lowest BCUT2D eigenvalue weighted by Crippen LogP contribution is -2.46. The maximum Gasteiger partial charge on any atom is 0.0101 e. The first-order valence-electron chi connectivity index (χ1n) is 15.5. The van der Waals surface area contributed by atoms with Crippen LogP contribution in [0.5, 0.6) is 0 Å². The van der Waals surface area contributed by atoms with Gasteiger partial charge in [-0.2, -0.15) is 0 Å². The molecular weight excluding hydrogens is 386 g/mol. The van der Waals surface area contributed by atoms with E-state index in [1.54, 1.807) is 0 Å². The molecule has 1 N–H and O–H groups in total. The summed E-state index contributed by atoms with van der Waals surface area (Å²) >= 11 is 0. The molecule has 3 aliphatic rings. The van der Waals surface area contributed by atoms with Crippen molar-refractivity contribution < 1.29 is 0 Å². The molecule has 1 nitrogen and oxygen atoms in total. The Morgan fingerprint density at radius 2 is 0.875 bits per heavy atom. The highest BCUT2D eigenvalue weighted by molar-refractivity contribution is 4.89. The largest absolute Gasteiger partial charge is 0.311 e. The third-order valence-electron chi connectivity index (χ3n) is 9.75. The highest BCUT2D eigenvalue weighted by atomic mass is 15.0. The van der Waals surface area contributed by atoms with E-state index >= 15 is 0 Å². The second-order valence-electron chi connectivity index (χ2n) is 12.5. The Labute approximate surface area is 202 Å². The highest BCUT2D eigenvalue weighted by Crippen LogP contribution is 2.39. The molecule has 0 aromatic rings. The Kier molecular flexibility index (Phi) is 13.1. The van der Waals surface area contributed by atoms with E-state index in [2.05, 4.69) is 19.2 Å². The Balaban J connectivity index is 1.65. The molecule has 0 saturated heterocycles. The molecule has 0 radical (unpaired) electrons. The fraction of sp³-hybridized carbons (Fsp3) is 1.00. The van der Waals surface area contributed by atoms with Crippen molar-refractivity contribution in [3.05, 3.63) is 0 Å². The van der Waals surface area contributed by atoms with Gasteiger partial charge >= 0.3 is 0 Å². The lowest BCUT2D eigenvalue weighted by atomic mass is 9.72. The summed E-state index contributed by atoms with van der Waals surface area (Å²) in [6.07, 6.45) is 34.0. The number of hydrogen-bond acceptors (Lipinski definition) is 1. The van der Waals surface area contributed by atoms with Crippen LogP contribution in [0.1, 0.15) is 162 Å². The fourth-order valence-electron chi connectivity index (χ4n) is 7.63. The van der Waals surface area contributed by atoms with Gasteiger partial charge in [-0.15, -0.1) is 0 Å². The Bertz CT molecular complexity index is 459. The molecule has 1 heteroatoms. The molecule has 3 fully saturated rings. The van der Waals surface area contributed by atoms with E-state index in [-0.39, 0.29) is 0 Å². The van der Waals surface area contributed by atoms with Crippen molar-refractivity contribution >= 4 is 0 Å². The van der Waals surface area contributed by atoms with Crippen LogP contribution in [-0.4, -0.2) is 12.1 Å². The van der Waals surface area contributed by atoms with Crippen LogP contribution in [0.2, 0.25) is 0 Å². The van der Waals surface area contributed by atoms with Crippen molar-refractivity contribution in [2.45, 2.75) is 174 Å². The van der Waals surface area contributed by atoms with Gasteiger partial charge in [0.15, 0.2) is 0 Å². The number of rotatable bonds is 3. The van der Waals surface area contributed by atoms with Gasteiger partial charge in [-0.1, -0.05) is 129 Å². The van der Waals surface area contributed by atoms with E-state index < -0.39 is 0 Å². The van der Waals surface area contributed by atoms with Crippen molar-refractivity contribution in [3.8, 4) is 0 Å². The SMILES string of the molecule is CC1CCCCCCC(NC2CCCCCC2C2CCCCCCCCCC2C)CCC1. The predicted molar refractivity (Wildman–Crippen MR) is 142 cm³/mol. The minimum absolute atomic E-state index is 0.795. The number of hydrogen-bond donors (Lipinski definition) is 1. The van der Waals surface area contributed by atoms with E-state index in [1.165, 1.54) is 148 Å².